The van der Waals surface area contributed by atoms with Crippen molar-refractivity contribution in [2.24, 2.45) is 5.92 Å². The van der Waals surface area contributed by atoms with Gasteiger partial charge < -0.3 is 25.0 Å². The average Bonchev–Trinajstić information content (AvgIpc) is 2.72. The van der Waals surface area contributed by atoms with E-state index in [4.69, 9.17) is 21.7 Å². The Bertz CT molecular complexity index is 883. The molecular weight excluding hydrogens is 386 g/mol. The molecule has 0 saturated carbocycles. The summed E-state index contributed by atoms with van der Waals surface area (Å²) in [5.41, 5.74) is 1.98. The van der Waals surface area contributed by atoms with Gasteiger partial charge in [-0.2, -0.15) is 4.98 Å². The van der Waals surface area contributed by atoms with Crippen LogP contribution in [0.2, 0.25) is 0 Å². The molecule has 8 heteroatoms. The first-order chi connectivity index (χ1) is 14.1. The summed E-state index contributed by atoms with van der Waals surface area (Å²) in [6, 6.07) is 7.94. The fraction of sp³-hybridized carbons (Fsp3) is 0.476. The zero-order valence-electron chi connectivity index (χ0n) is 16.9. The number of aromatic nitrogens is 2. The van der Waals surface area contributed by atoms with Crippen LogP contribution in [-0.2, 0) is 6.54 Å². The highest BCUT2D eigenvalue weighted by Gasteiger charge is 2.18. The van der Waals surface area contributed by atoms with E-state index in [9.17, 15) is 0 Å². The highest BCUT2D eigenvalue weighted by molar-refractivity contribution is 7.80. The van der Waals surface area contributed by atoms with Crippen LogP contribution in [0.25, 0.3) is 0 Å². The summed E-state index contributed by atoms with van der Waals surface area (Å²) in [6.45, 7) is 8.09. The van der Waals surface area contributed by atoms with Crippen LogP contribution in [-0.4, -0.2) is 41.4 Å². The minimum Gasteiger partial charge on any atom is -0.486 e. The van der Waals surface area contributed by atoms with Gasteiger partial charge in [0.1, 0.15) is 19.0 Å². The zero-order chi connectivity index (χ0) is 20.2. The van der Waals surface area contributed by atoms with Gasteiger partial charge in [-0.25, -0.2) is 4.98 Å². The fourth-order valence-electron chi connectivity index (χ4n) is 3.53. The maximum atomic E-state index is 5.63. The minimum atomic E-state index is 0.490. The predicted molar refractivity (Wildman–Crippen MR) is 118 cm³/mol. The Morgan fingerprint density at radius 2 is 1.90 bits per heavy atom. The van der Waals surface area contributed by atoms with Gasteiger partial charge in [0.2, 0.25) is 5.95 Å². The molecule has 0 atom stereocenters. The van der Waals surface area contributed by atoms with Crippen molar-refractivity contribution < 1.29 is 9.47 Å². The monoisotopic (exact) mass is 413 g/mol. The first-order valence-electron chi connectivity index (χ1n) is 10.1. The second kappa shape index (κ2) is 8.82. The van der Waals surface area contributed by atoms with Crippen molar-refractivity contribution in [3.05, 3.63) is 35.5 Å². The van der Waals surface area contributed by atoms with Crippen LogP contribution >= 0.6 is 12.2 Å². The molecule has 2 aliphatic heterocycles. The third-order valence-corrected chi connectivity index (χ3v) is 5.48. The number of fused-ring (bicyclic) bond motifs is 1. The van der Waals surface area contributed by atoms with E-state index in [1.807, 2.05) is 31.2 Å². The molecule has 0 bridgehead atoms. The number of rotatable bonds is 4. The Morgan fingerprint density at radius 1 is 1.14 bits per heavy atom. The molecule has 0 unspecified atom stereocenters. The van der Waals surface area contributed by atoms with Gasteiger partial charge in [0.25, 0.3) is 0 Å². The molecular formula is C21H27N5O2S. The molecule has 2 N–H and O–H groups in total. The molecule has 0 amide bonds. The van der Waals surface area contributed by atoms with Crippen LogP contribution in [0.15, 0.2) is 24.3 Å². The van der Waals surface area contributed by atoms with E-state index in [0.717, 1.165) is 47.6 Å². The normalized spacial score (nSPS) is 16.4. The highest BCUT2D eigenvalue weighted by atomic mass is 32.1. The Hall–Kier alpha value is -2.61. The summed E-state index contributed by atoms with van der Waals surface area (Å²) >= 11 is 5.44. The smallest absolute Gasteiger partial charge is 0.231 e. The number of anilines is 2. The summed E-state index contributed by atoms with van der Waals surface area (Å²) < 4.78 is 11.2. The SMILES string of the molecule is Cc1cc(N2CCC(C)CC2)nc(NC(=S)NCc2ccc3c(c2)OCCO3)n1. The lowest BCUT2D eigenvalue weighted by Gasteiger charge is -2.31. The number of ether oxygens (including phenoxy) is 2. The molecule has 3 heterocycles. The highest BCUT2D eigenvalue weighted by Crippen LogP contribution is 2.30. The van der Waals surface area contributed by atoms with Crippen LogP contribution in [0.4, 0.5) is 11.8 Å². The van der Waals surface area contributed by atoms with Gasteiger partial charge >= 0.3 is 0 Å². The summed E-state index contributed by atoms with van der Waals surface area (Å²) in [5.74, 6) is 3.83. The van der Waals surface area contributed by atoms with Crippen molar-refractivity contribution in [2.75, 3.05) is 36.5 Å². The molecule has 1 aromatic heterocycles. The van der Waals surface area contributed by atoms with Crippen molar-refractivity contribution in [1.29, 1.82) is 0 Å². The van der Waals surface area contributed by atoms with E-state index in [2.05, 4.69) is 32.4 Å². The van der Waals surface area contributed by atoms with Crippen LogP contribution in [0, 0.1) is 12.8 Å². The van der Waals surface area contributed by atoms with E-state index in [-0.39, 0.29) is 0 Å². The van der Waals surface area contributed by atoms with E-state index in [1.54, 1.807) is 0 Å². The third kappa shape index (κ3) is 5.06. The molecule has 2 aliphatic rings. The summed E-state index contributed by atoms with van der Waals surface area (Å²) in [5, 5.41) is 6.82. The second-order valence-electron chi connectivity index (χ2n) is 7.65. The van der Waals surface area contributed by atoms with E-state index in [1.165, 1.54) is 12.8 Å². The second-order valence-corrected chi connectivity index (χ2v) is 8.05. The third-order valence-electron chi connectivity index (χ3n) is 5.23. The molecule has 1 aromatic carbocycles. The largest absolute Gasteiger partial charge is 0.486 e. The van der Waals surface area contributed by atoms with Gasteiger partial charge in [-0.05, 0) is 55.6 Å². The van der Waals surface area contributed by atoms with E-state index in [0.29, 0.717) is 30.8 Å². The predicted octanol–water partition coefficient (Wildman–Crippen LogP) is 3.28. The van der Waals surface area contributed by atoms with Crippen LogP contribution in [0.1, 0.15) is 31.0 Å². The van der Waals surface area contributed by atoms with Crippen LogP contribution in [0.5, 0.6) is 11.5 Å². The first-order valence-corrected chi connectivity index (χ1v) is 10.5. The summed E-state index contributed by atoms with van der Waals surface area (Å²) in [4.78, 5) is 11.5. The molecule has 29 heavy (non-hydrogen) atoms. The minimum absolute atomic E-state index is 0.490. The van der Waals surface area contributed by atoms with Gasteiger partial charge in [0.05, 0.1) is 0 Å². The number of benzene rings is 1. The Balaban J connectivity index is 1.36. The molecule has 4 rings (SSSR count). The maximum absolute atomic E-state index is 5.63. The summed E-state index contributed by atoms with van der Waals surface area (Å²) in [6.07, 6.45) is 2.39. The molecule has 1 saturated heterocycles. The number of hydrogen-bond donors (Lipinski definition) is 2. The molecule has 7 nitrogen and oxygen atoms in total. The number of thiocarbonyl (C=S) groups is 1. The van der Waals surface area contributed by atoms with Crippen LogP contribution < -0.4 is 25.0 Å². The molecule has 0 aliphatic carbocycles. The molecule has 1 fully saturated rings. The average molecular weight is 414 g/mol. The van der Waals surface area contributed by atoms with Gasteiger partial charge in [0.15, 0.2) is 16.6 Å². The molecule has 0 radical (unpaired) electrons. The van der Waals surface area contributed by atoms with E-state index >= 15 is 0 Å². The number of nitrogens with one attached hydrogen (secondary N) is 2. The maximum Gasteiger partial charge on any atom is 0.231 e. The van der Waals surface area contributed by atoms with Crippen molar-refractivity contribution in [2.45, 2.75) is 33.2 Å². The van der Waals surface area contributed by atoms with Gasteiger partial charge in [-0.15, -0.1) is 0 Å². The summed E-state index contributed by atoms with van der Waals surface area (Å²) in [7, 11) is 0. The lowest BCUT2D eigenvalue weighted by atomic mass is 9.99. The Morgan fingerprint density at radius 3 is 2.69 bits per heavy atom. The Labute approximate surface area is 176 Å². The number of aryl methyl sites for hydroxylation is 1. The quantitative estimate of drug-likeness (QED) is 0.740. The lowest BCUT2D eigenvalue weighted by Crippen LogP contribution is -2.34. The number of hydrogen-bond acceptors (Lipinski definition) is 6. The number of nitrogens with zero attached hydrogens (tertiary/aromatic N) is 3. The standard InChI is InChI=1S/C21H27N5O2S/c1-14-5-7-26(8-6-14)19-11-15(2)23-20(24-19)25-21(29)22-13-16-3-4-17-18(12-16)28-10-9-27-17/h3-4,11-12,14H,5-10,13H2,1-2H3,(H2,22,23,24,25,29). The fourth-order valence-corrected chi connectivity index (χ4v) is 3.70. The van der Waals surface area contributed by atoms with Gasteiger partial charge in [0, 0.05) is 31.4 Å². The van der Waals surface area contributed by atoms with Crippen molar-refractivity contribution in [3.8, 4) is 11.5 Å². The van der Waals surface area contributed by atoms with Crippen molar-refractivity contribution in [3.63, 3.8) is 0 Å². The Kier molecular flexibility index (Phi) is 5.99. The first kappa shape index (κ1) is 19.7. The molecule has 154 valence electrons. The topological polar surface area (TPSA) is 71.5 Å². The van der Waals surface area contributed by atoms with E-state index < -0.39 is 0 Å². The molecule has 0 spiro atoms. The van der Waals surface area contributed by atoms with Crippen LogP contribution in [0.3, 0.4) is 0 Å². The lowest BCUT2D eigenvalue weighted by molar-refractivity contribution is 0.171. The van der Waals surface area contributed by atoms with Crippen molar-refractivity contribution >= 4 is 29.1 Å². The zero-order valence-corrected chi connectivity index (χ0v) is 17.7. The molecule has 2 aromatic rings. The van der Waals surface area contributed by atoms with Gasteiger partial charge in [-0.1, -0.05) is 13.0 Å². The van der Waals surface area contributed by atoms with Crippen molar-refractivity contribution in [1.82, 2.24) is 15.3 Å². The number of piperidine rings is 1. The van der Waals surface area contributed by atoms with Gasteiger partial charge in [-0.3, -0.25) is 0 Å².